The summed E-state index contributed by atoms with van der Waals surface area (Å²) in [4.78, 5) is 19.8. The van der Waals surface area contributed by atoms with Crippen molar-refractivity contribution < 1.29 is 9.53 Å². The molecule has 3 aromatic rings. The van der Waals surface area contributed by atoms with Gasteiger partial charge in [-0.2, -0.15) is 0 Å². The maximum Gasteiger partial charge on any atom is 0.246 e. The minimum atomic E-state index is -0.0590. The molecule has 1 aromatic heterocycles. The smallest absolute Gasteiger partial charge is 0.246 e. The number of benzene rings is 2. The fourth-order valence-corrected chi connectivity index (χ4v) is 6.34. The van der Waals surface area contributed by atoms with Gasteiger partial charge in [0.1, 0.15) is 12.4 Å². The summed E-state index contributed by atoms with van der Waals surface area (Å²) >= 11 is 0. The molecule has 2 aliphatic rings. The normalized spacial score (nSPS) is 23.6. The Morgan fingerprint density at radius 3 is 2.76 bits per heavy atom. The van der Waals surface area contributed by atoms with Crippen LogP contribution >= 0.6 is 0 Å². The molecule has 34 heavy (non-hydrogen) atoms. The Balaban J connectivity index is 1.29. The number of aryl methyl sites for hydroxylation is 1. The number of methoxy groups -OCH3 is 1. The van der Waals surface area contributed by atoms with Gasteiger partial charge in [0.05, 0.1) is 17.1 Å². The van der Waals surface area contributed by atoms with Crippen molar-refractivity contribution in [1.29, 1.82) is 0 Å². The molecular weight excluding hydrogens is 424 g/mol. The SMILES string of the molecule is COCC(=O)N[C@@H](CCN1CCCC2CC(n3c(C)nc4ccccc43)CC21)c1ccccc1. The van der Waals surface area contributed by atoms with E-state index in [1.807, 2.05) is 18.2 Å². The van der Waals surface area contributed by atoms with Crippen LogP contribution in [0.1, 0.15) is 55.6 Å². The van der Waals surface area contributed by atoms with Gasteiger partial charge in [-0.25, -0.2) is 4.98 Å². The molecule has 180 valence electrons. The average molecular weight is 461 g/mol. The molecule has 1 aliphatic carbocycles. The molecule has 0 radical (unpaired) electrons. The van der Waals surface area contributed by atoms with Crippen molar-refractivity contribution in [1.82, 2.24) is 19.8 Å². The monoisotopic (exact) mass is 460 g/mol. The maximum atomic E-state index is 12.3. The predicted molar refractivity (Wildman–Crippen MR) is 135 cm³/mol. The molecule has 1 aliphatic heterocycles. The van der Waals surface area contributed by atoms with Crippen molar-refractivity contribution in [3.8, 4) is 0 Å². The van der Waals surface area contributed by atoms with E-state index in [4.69, 9.17) is 9.72 Å². The van der Waals surface area contributed by atoms with Crippen LogP contribution in [0.15, 0.2) is 54.6 Å². The van der Waals surface area contributed by atoms with Crippen molar-refractivity contribution in [3.63, 3.8) is 0 Å². The first-order chi connectivity index (χ1) is 16.6. The third-order valence-corrected chi connectivity index (χ3v) is 7.78. The summed E-state index contributed by atoms with van der Waals surface area (Å²) in [5, 5.41) is 3.19. The van der Waals surface area contributed by atoms with Crippen LogP contribution in [0.3, 0.4) is 0 Å². The molecule has 4 atom stereocenters. The molecule has 2 heterocycles. The third kappa shape index (κ3) is 4.75. The van der Waals surface area contributed by atoms with E-state index >= 15 is 0 Å². The summed E-state index contributed by atoms with van der Waals surface area (Å²) in [6.07, 6.45) is 5.88. The van der Waals surface area contributed by atoms with Crippen LogP contribution in [0.4, 0.5) is 0 Å². The Hall–Kier alpha value is -2.70. The molecule has 0 spiro atoms. The van der Waals surface area contributed by atoms with Gasteiger partial charge < -0.3 is 14.6 Å². The minimum absolute atomic E-state index is 0.00117. The van der Waals surface area contributed by atoms with Crippen molar-refractivity contribution in [2.45, 2.75) is 57.2 Å². The number of aromatic nitrogens is 2. The largest absolute Gasteiger partial charge is 0.375 e. The lowest BCUT2D eigenvalue weighted by Crippen LogP contribution is -2.44. The highest BCUT2D eigenvalue weighted by molar-refractivity contribution is 5.77. The van der Waals surface area contributed by atoms with Crippen molar-refractivity contribution in [3.05, 3.63) is 66.0 Å². The first kappa shape index (κ1) is 23.1. The number of likely N-dealkylation sites (tertiary alicyclic amines) is 1. The number of imidazole rings is 1. The van der Waals surface area contributed by atoms with Gasteiger partial charge in [-0.1, -0.05) is 42.5 Å². The summed E-state index contributed by atoms with van der Waals surface area (Å²) in [7, 11) is 1.56. The third-order valence-electron chi connectivity index (χ3n) is 7.78. The van der Waals surface area contributed by atoms with Crippen LogP contribution in [-0.4, -0.2) is 53.2 Å². The van der Waals surface area contributed by atoms with Gasteiger partial charge in [0.25, 0.3) is 0 Å². The molecule has 1 saturated carbocycles. The number of hydrogen-bond acceptors (Lipinski definition) is 4. The van der Waals surface area contributed by atoms with Crippen LogP contribution in [0.25, 0.3) is 11.0 Å². The Kier molecular flexibility index (Phi) is 6.97. The lowest BCUT2D eigenvalue weighted by atomic mass is 9.91. The van der Waals surface area contributed by atoms with Crippen LogP contribution in [0, 0.1) is 12.8 Å². The molecular formula is C28H36N4O2. The number of amides is 1. The Morgan fingerprint density at radius 1 is 1.15 bits per heavy atom. The molecule has 1 saturated heterocycles. The van der Waals surface area contributed by atoms with Crippen LogP contribution in [0.2, 0.25) is 0 Å². The summed E-state index contributed by atoms with van der Waals surface area (Å²) in [5.74, 6) is 1.80. The van der Waals surface area contributed by atoms with Gasteiger partial charge in [0.15, 0.2) is 0 Å². The van der Waals surface area contributed by atoms with E-state index in [-0.39, 0.29) is 18.6 Å². The Labute approximate surface area is 202 Å². The fraction of sp³-hybridized carbons (Fsp3) is 0.500. The Morgan fingerprint density at radius 2 is 1.94 bits per heavy atom. The van der Waals surface area contributed by atoms with Gasteiger partial charge in [-0.05, 0) is 69.2 Å². The van der Waals surface area contributed by atoms with E-state index in [2.05, 4.69) is 58.1 Å². The van der Waals surface area contributed by atoms with E-state index < -0.39 is 0 Å². The highest BCUT2D eigenvalue weighted by Crippen LogP contribution is 2.44. The van der Waals surface area contributed by atoms with E-state index in [0.29, 0.717) is 12.1 Å². The number of rotatable bonds is 8. The molecule has 1 N–H and O–H groups in total. The zero-order valence-corrected chi connectivity index (χ0v) is 20.3. The summed E-state index contributed by atoms with van der Waals surface area (Å²) in [6, 6.07) is 20.0. The number of carbonyl (C=O) groups is 1. The molecule has 3 unspecified atom stereocenters. The molecule has 0 bridgehead atoms. The van der Waals surface area contributed by atoms with Crippen molar-refractivity contribution in [2.24, 2.45) is 5.92 Å². The quantitative estimate of drug-likeness (QED) is 0.531. The number of fused-ring (bicyclic) bond motifs is 2. The molecule has 6 nitrogen and oxygen atoms in total. The lowest BCUT2D eigenvalue weighted by molar-refractivity contribution is -0.125. The summed E-state index contributed by atoms with van der Waals surface area (Å²) in [5.41, 5.74) is 3.52. The van der Waals surface area contributed by atoms with Gasteiger partial charge in [0, 0.05) is 25.7 Å². The summed E-state index contributed by atoms with van der Waals surface area (Å²) < 4.78 is 7.54. The lowest BCUT2D eigenvalue weighted by Gasteiger charge is -2.38. The van der Waals surface area contributed by atoms with Gasteiger partial charge in [0.2, 0.25) is 5.91 Å². The molecule has 1 amide bonds. The average Bonchev–Trinajstić information content (AvgIpc) is 3.42. The standard InChI is InChI=1S/C28H36N4O2/c1-20-29-25-12-6-7-13-26(25)32(20)23-17-22-11-8-15-31(27(22)18-23)16-14-24(30-28(33)19-34-2)21-9-4-3-5-10-21/h3-7,9-10,12-13,22-24,27H,8,11,14-19H2,1-2H3,(H,30,33)/t22?,23?,24-,27?/m0/s1. The number of nitrogens with one attached hydrogen (secondary N) is 1. The second-order valence-electron chi connectivity index (χ2n) is 9.90. The summed E-state index contributed by atoms with van der Waals surface area (Å²) in [6.45, 7) is 4.37. The van der Waals surface area contributed by atoms with Crippen molar-refractivity contribution >= 4 is 16.9 Å². The number of para-hydroxylation sites is 2. The van der Waals surface area contributed by atoms with E-state index in [1.54, 1.807) is 7.11 Å². The highest BCUT2D eigenvalue weighted by atomic mass is 16.5. The topological polar surface area (TPSA) is 59.4 Å². The van der Waals surface area contributed by atoms with Gasteiger partial charge >= 0.3 is 0 Å². The minimum Gasteiger partial charge on any atom is -0.375 e. The number of ether oxygens (including phenoxy) is 1. The first-order valence-corrected chi connectivity index (χ1v) is 12.6. The Bertz CT molecular complexity index is 1110. The van der Waals surface area contributed by atoms with Crippen LogP contribution < -0.4 is 5.32 Å². The predicted octanol–water partition coefficient (Wildman–Crippen LogP) is 4.65. The second-order valence-corrected chi connectivity index (χ2v) is 9.90. The van der Waals surface area contributed by atoms with Gasteiger partial charge in [-0.3, -0.25) is 9.69 Å². The molecule has 5 rings (SSSR count). The van der Waals surface area contributed by atoms with E-state index in [1.165, 1.54) is 31.2 Å². The zero-order chi connectivity index (χ0) is 23.5. The number of hydrogen-bond donors (Lipinski definition) is 1. The maximum absolute atomic E-state index is 12.3. The van der Waals surface area contributed by atoms with Gasteiger partial charge in [-0.15, -0.1) is 0 Å². The van der Waals surface area contributed by atoms with Crippen LogP contribution in [-0.2, 0) is 9.53 Å². The number of piperidine rings is 1. The zero-order valence-electron chi connectivity index (χ0n) is 20.3. The molecule has 2 fully saturated rings. The number of nitrogens with zero attached hydrogens (tertiary/aromatic N) is 3. The molecule has 2 aromatic carbocycles. The fourth-order valence-electron chi connectivity index (χ4n) is 6.34. The highest BCUT2D eigenvalue weighted by Gasteiger charge is 2.41. The number of carbonyl (C=O) groups excluding carboxylic acids is 1. The van der Waals surface area contributed by atoms with E-state index in [9.17, 15) is 4.79 Å². The van der Waals surface area contributed by atoms with Crippen LogP contribution in [0.5, 0.6) is 0 Å². The molecule has 6 heteroatoms. The second kappa shape index (κ2) is 10.3. The van der Waals surface area contributed by atoms with E-state index in [0.717, 1.165) is 42.3 Å². The van der Waals surface area contributed by atoms with Crippen molar-refractivity contribution in [2.75, 3.05) is 26.8 Å². The first-order valence-electron chi connectivity index (χ1n) is 12.6.